The number of fused-ring (bicyclic) bond motifs is 2. The molecule has 0 radical (unpaired) electrons. The number of rotatable bonds is 9. The molecular weight excluding hydrogens is 836 g/mol. The smallest absolute Gasteiger partial charge is 0.228 e. The molecule has 2 fully saturated rings. The first-order valence-corrected chi connectivity index (χ1v) is 22.0. The zero-order chi connectivity index (χ0) is 43.8. The molecule has 14 nitrogen and oxygen atoms in total. The molecule has 12 rings (SSSR count). The molecule has 10 aromatic rings. The molecule has 2 atom stereocenters. The standard InChI is InChI=1S/C25H22N6O.C15H10ClN5O.C10H13N/c1-3-8-18(9-4-1)21-12-7-14-31(21)25-27-20-13-15-32-23(20)24(29-25)28-22-16-30(17-26-22)19-10-5-2-6-11-19;16-15-18-11-6-7-22-13(11)14(20-15)19-12-8-21(9-17-12)10-4-2-1-3-5-10;1-2-5-9(6-3-1)10-7-4-8-11-10/h1-6,8-11,13,15-17,21H,7,12,14H2,(H,27,28,29);1-9H,(H,18,19,20);1-3,5-6,10-11H,4,7-8H2. The largest absolute Gasteiger partial charge is 0.459 e. The predicted molar refractivity (Wildman–Crippen MR) is 254 cm³/mol. The number of imidazole rings is 2. The lowest BCUT2D eigenvalue weighted by molar-refractivity contribution is 0.614. The van der Waals surface area contributed by atoms with Crippen molar-refractivity contribution in [3.63, 3.8) is 0 Å². The molecule has 8 heterocycles. The maximum Gasteiger partial charge on any atom is 0.228 e. The third-order valence-electron chi connectivity index (χ3n) is 11.3. The molecule has 2 aliphatic heterocycles. The van der Waals surface area contributed by atoms with Crippen LogP contribution in [-0.2, 0) is 0 Å². The van der Waals surface area contributed by atoms with E-state index in [9.17, 15) is 0 Å². The van der Waals surface area contributed by atoms with Crippen LogP contribution in [0.1, 0.15) is 48.9 Å². The summed E-state index contributed by atoms with van der Waals surface area (Å²) in [5.41, 5.74) is 7.37. The molecule has 6 aromatic heterocycles. The molecule has 4 aromatic carbocycles. The van der Waals surface area contributed by atoms with Crippen molar-refractivity contribution < 1.29 is 8.83 Å². The minimum Gasteiger partial charge on any atom is -0.459 e. The van der Waals surface area contributed by atoms with Gasteiger partial charge in [-0.1, -0.05) is 97.1 Å². The van der Waals surface area contributed by atoms with Crippen molar-refractivity contribution in [2.45, 2.75) is 37.8 Å². The van der Waals surface area contributed by atoms with Gasteiger partial charge in [-0.3, -0.25) is 0 Å². The van der Waals surface area contributed by atoms with E-state index < -0.39 is 0 Å². The normalized spacial score (nSPS) is 15.6. The second-order valence-electron chi connectivity index (χ2n) is 15.6. The van der Waals surface area contributed by atoms with Crippen LogP contribution in [0, 0.1) is 0 Å². The maximum absolute atomic E-state index is 5.92. The van der Waals surface area contributed by atoms with Gasteiger partial charge in [0.15, 0.2) is 22.8 Å². The van der Waals surface area contributed by atoms with E-state index in [0.717, 1.165) is 36.3 Å². The van der Waals surface area contributed by atoms with Gasteiger partial charge in [-0.2, -0.15) is 9.97 Å². The minimum absolute atomic E-state index is 0.152. The first-order chi connectivity index (χ1) is 32.1. The molecule has 65 heavy (non-hydrogen) atoms. The van der Waals surface area contributed by atoms with E-state index >= 15 is 0 Å². The van der Waals surface area contributed by atoms with Crippen LogP contribution < -0.4 is 20.9 Å². The van der Waals surface area contributed by atoms with Crippen LogP contribution in [0.15, 0.2) is 180 Å². The van der Waals surface area contributed by atoms with Gasteiger partial charge in [-0.05, 0) is 79.2 Å². The Morgan fingerprint density at radius 3 is 1.68 bits per heavy atom. The number of furan rings is 2. The molecule has 0 aliphatic carbocycles. The van der Waals surface area contributed by atoms with Gasteiger partial charge in [0.05, 0.1) is 31.0 Å². The number of hydrogen-bond acceptors (Lipinski definition) is 12. The first kappa shape index (κ1) is 41.2. The average molecular weight is 881 g/mol. The van der Waals surface area contributed by atoms with Crippen LogP contribution in [-0.4, -0.2) is 52.1 Å². The molecule has 2 saturated heterocycles. The van der Waals surface area contributed by atoms with Gasteiger partial charge in [0, 0.05) is 36.1 Å². The van der Waals surface area contributed by atoms with Gasteiger partial charge in [0.25, 0.3) is 0 Å². The number of hydrogen-bond donors (Lipinski definition) is 3. The fraction of sp³-hybridized carbons (Fsp3) is 0.160. The molecule has 3 N–H and O–H groups in total. The monoisotopic (exact) mass is 880 g/mol. The summed E-state index contributed by atoms with van der Waals surface area (Å²) >= 11 is 5.92. The molecule has 0 spiro atoms. The van der Waals surface area contributed by atoms with Gasteiger partial charge >= 0.3 is 0 Å². The number of nitrogens with one attached hydrogen (secondary N) is 3. The highest BCUT2D eigenvalue weighted by Crippen LogP contribution is 2.37. The summed E-state index contributed by atoms with van der Waals surface area (Å²) in [5, 5.41) is 10.1. The lowest BCUT2D eigenvalue weighted by Gasteiger charge is -2.25. The number of aromatic nitrogens is 8. The van der Waals surface area contributed by atoms with E-state index in [1.54, 1.807) is 31.2 Å². The molecule has 2 aliphatic rings. The molecule has 2 unspecified atom stereocenters. The highest BCUT2D eigenvalue weighted by atomic mass is 35.5. The zero-order valence-electron chi connectivity index (χ0n) is 35.3. The highest BCUT2D eigenvalue weighted by molar-refractivity contribution is 6.28. The number of anilines is 5. The van der Waals surface area contributed by atoms with Crippen molar-refractivity contribution in [2.75, 3.05) is 28.6 Å². The van der Waals surface area contributed by atoms with E-state index in [2.05, 4.69) is 95.4 Å². The summed E-state index contributed by atoms with van der Waals surface area (Å²) < 4.78 is 15.0. The second-order valence-corrected chi connectivity index (χ2v) is 15.9. The number of para-hydroxylation sites is 2. The second kappa shape index (κ2) is 19.3. The summed E-state index contributed by atoms with van der Waals surface area (Å²) in [6.45, 7) is 2.10. The van der Waals surface area contributed by atoms with Crippen molar-refractivity contribution in [3.8, 4) is 11.4 Å². The summed E-state index contributed by atoms with van der Waals surface area (Å²) in [5.74, 6) is 3.13. The van der Waals surface area contributed by atoms with E-state index in [1.165, 1.54) is 30.5 Å². The van der Waals surface area contributed by atoms with Gasteiger partial charge < -0.3 is 38.8 Å². The molecule has 0 saturated carbocycles. The lowest BCUT2D eigenvalue weighted by atomic mass is 10.1. The Hall–Kier alpha value is -7.81. The first-order valence-electron chi connectivity index (χ1n) is 21.6. The van der Waals surface area contributed by atoms with E-state index in [-0.39, 0.29) is 11.3 Å². The molecule has 0 amide bonds. The fourth-order valence-corrected chi connectivity index (χ4v) is 8.34. The van der Waals surface area contributed by atoms with E-state index in [1.807, 2.05) is 94.3 Å². The van der Waals surface area contributed by atoms with Crippen LogP contribution in [0.3, 0.4) is 0 Å². The van der Waals surface area contributed by atoms with E-state index in [4.69, 9.17) is 30.4 Å². The van der Waals surface area contributed by atoms with Crippen molar-refractivity contribution >= 4 is 63.0 Å². The number of nitrogens with zero attached hydrogens (tertiary/aromatic N) is 9. The van der Waals surface area contributed by atoms with Crippen LogP contribution in [0.4, 0.5) is 29.2 Å². The van der Waals surface area contributed by atoms with Crippen LogP contribution in [0.2, 0.25) is 5.28 Å². The third kappa shape index (κ3) is 9.59. The van der Waals surface area contributed by atoms with Crippen LogP contribution in [0.5, 0.6) is 0 Å². The Morgan fingerprint density at radius 1 is 0.569 bits per heavy atom. The van der Waals surface area contributed by atoms with Gasteiger partial charge in [0.1, 0.15) is 35.3 Å². The fourth-order valence-electron chi connectivity index (χ4n) is 8.17. The topological polar surface area (TPSA) is 153 Å². The van der Waals surface area contributed by atoms with Crippen molar-refractivity contribution in [1.82, 2.24) is 44.4 Å². The quantitative estimate of drug-likeness (QED) is 0.118. The number of benzene rings is 4. The predicted octanol–water partition coefficient (Wildman–Crippen LogP) is 11.4. The summed E-state index contributed by atoms with van der Waals surface area (Å²) in [6, 6.07) is 45.7. The summed E-state index contributed by atoms with van der Waals surface area (Å²) in [6.07, 6.45) is 15.3. The summed E-state index contributed by atoms with van der Waals surface area (Å²) in [4.78, 5) is 29.0. The molecular formula is C50H45ClN12O2. The molecule has 324 valence electrons. The molecule has 0 bridgehead atoms. The third-order valence-corrected chi connectivity index (χ3v) is 11.5. The van der Waals surface area contributed by atoms with Gasteiger partial charge in [-0.15, -0.1) is 0 Å². The SMILES string of the molecule is Clc1nc(Nc2cn(-c3ccccc3)cn2)c2occc2n1.c1ccc(C2CCCN2)cc1.c1ccc(C2CCCN2c2nc(Nc3cn(-c4ccccc4)cn3)c3occc3n2)cc1. The van der Waals surface area contributed by atoms with Crippen molar-refractivity contribution in [3.05, 3.63) is 187 Å². The highest BCUT2D eigenvalue weighted by Gasteiger charge is 2.29. The molecule has 15 heteroatoms. The minimum atomic E-state index is 0.152. The Kier molecular flexibility index (Phi) is 12.2. The Morgan fingerprint density at radius 2 is 1.11 bits per heavy atom. The zero-order valence-corrected chi connectivity index (χ0v) is 36.0. The lowest BCUT2D eigenvalue weighted by Crippen LogP contribution is -2.24. The van der Waals surface area contributed by atoms with Gasteiger partial charge in [-0.25, -0.2) is 19.9 Å². The van der Waals surface area contributed by atoms with Crippen molar-refractivity contribution in [2.24, 2.45) is 0 Å². The average Bonchev–Trinajstić information content (AvgIpc) is 4.22. The Labute approximate surface area is 380 Å². The number of halogens is 1. The van der Waals surface area contributed by atoms with Crippen LogP contribution >= 0.6 is 11.6 Å². The van der Waals surface area contributed by atoms with Crippen LogP contribution in [0.25, 0.3) is 33.6 Å². The summed E-state index contributed by atoms with van der Waals surface area (Å²) in [7, 11) is 0. The van der Waals surface area contributed by atoms with Crippen molar-refractivity contribution in [1.29, 1.82) is 0 Å². The Balaban J connectivity index is 0.000000129. The van der Waals surface area contributed by atoms with E-state index in [0.29, 0.717) is 51.9 Å². The van der Waals surface area contributed by atoms with Gasteiger partial charge in [0.2, 0.25) is 11.2 Å². The maximum atomic E-state index is 5.92. The Bertz CT molecular complexity index is 3080.